The van der Waals surface area contributed by atoms with Gasteiger partial charge in [0.1, 0.15) is 0 Å². The molecular weight excluding hydrogens is 160 g/mol. The van der Waals surface area contributed by atoms with Crippen LogP contribution >= 0.6 is 0 Å². The van der Waals surface area contributed by atoms with E-state index in [2.05, 4.69) is 24.1 Å². The lowest BCUT2D eigenvalue weighted by Crippen LogP contribution is -2.44. The van der Waals surface area contributed by atoms with Crippen molar-refractivity contribution in [2.75, 3.05) is 13.1 Å². The molecule has 76 valence electrons. The van der Waals surface area contributed by atoms with Crippen LogP contribution in [0, 0.1) is 0 Å². The van der Waals surface area contributed by atoms with Crippen LogP contribution in [0.25, 0.3) is 0 Å². The lowest BCUT2D eigenvalue weighted by atomic mass is 9.92. The van der Waals surface area contributed by atoms with Crippen LogP contribution in [0.4, 0.5) is 0 Å². The van der Waals surface area contributed by atoms with Crippen molar-refractivity contribution in [3.63, 3.8) is 0 Å². The molecule has 2 nitrogen and oxygen atoms in total. The summed E-state index contributed by atoms with van der Waals surface area (Å²) in [7, 11) is 0. The van der Waals surface area contributed by atoms with Crippen LogP contribution in [-0.2, 0) is 0 Å². The normalized spacial score (nSPS) is 31.2. The van der Waals surface area contributed by atoms with E-state index >= 15 is 0 Å². The predicted molar refractivity (Wildman–Crippen MR) is 55.9 cm³/mol. The molecule has 1 aliphatic carbocycles. The third-order valence-electron chi connectivity index (χ3n) is 3.53. The SMILES string of the molecule is CC(C)N1CC[C@H](NC2CCC2)C1. The zero-order valence-electron chi connectivity index (χ0n) is 8.92. The van der Waals surface area contributed by atoms with Gasteiger partial charge in [-0.3, -0.25) is 4.90 Å². The van der Waals surface area contributed by atoms with Gasteiger partial charge in [-0.25, -0.2) is 0 Å². The minimum atomic E-state index is 0.730. The Morgan fingerprint density at radius 1 is 1.15 bits per heavy atom. The van der Waals surface area contributed by atoms with Gasteiger partial charge in [0.05, 0.1) is 0 Å². The lowest BCUT2D eigenvalue weighted by molar-refractivity contribution is 0.253. The molecule has 13 heavy (non-hydrogen) atoms. The van der Waals surface area contributed by atoms with Gasteiger partial charge in [-0.05, 0) is 39.7 Å². The van der Waals surface area contributed by atoms with Crippen molar-refractivity contribution in [1.29, 1.82) is 0 Å². The number of hydrogen-bond acceptors (Lipinski definition) is 2. The van der Waals surface area contributed by atoms with E-state index in [1.807, 2.05) is 0 Å². The first-order valence-corrected chi connectivity index (χ1v) is 5.76. The zero-order chi connectivity index (χ0) is 9.26. The van der Waals surface area contributed by atoms with Gasteiger partial charge < -0.3 is 5.32 Å². The van der Waals surface area contributed by atoms with Crippen LogP contribution in [0.5, 0.6) is 0 Å². The molecular formula is C11H22N2. The quantitative estimate of drug-likeness (QED) is 0.713. The highest BCUT2D eigenvalue weighted by Gasteiger charge is 2.27. The molecule has 2 fully saturated rings. The van der Waals surface area contributed by atoms with Gasteiger partial charge in [-0.1, -0.05) is 6.42 Å². The molecule has 2 aliphatic rings. The molecule has 1 atom stereocenters. The van der Waals surface area contributed by atoms with E-state index < -0.39 is 0 Å². The van der Waals surface area contributed by atoms with Gasteiger partial charge in [0.2, 0.25) is 0 Å². The molecule has 1 N–H and O–H groups in total. The molecule has 0 aromatic carbocycles. The second-order valence-electron chi connectivity index (χ2n) is 4.87. The van der Waals surface area contributed by atoms with Crippen LogP contribution in [0.1, 0.15) is 39.5 Å². The van der Waals surface area contributed by atoms with Crippen molar-refractivity contribution in [2.45, 2.75) is 57.7 Å². The fraction of sp³-hybridized carbons (Fsp3) is 1.00. The van der Waals surface area contributed by atoms with Crippen LogP contribution < -0.4 is 5.32 Å². The largest absolute Gasteiger partial charge is 0.310 e. The average molecular weight is 182 g/mol. The molecule has 0 unspecified atom stereocenters. The lowest BCUT2D eigenvalue weighted by Gasteiger charge is -2.30. The first-order valence-electron chi connectivity index (χ1n) is 5.76. The van der Waals surface area contributed by atoms with E-state index in [0.29, 0.717) is 0 Å². The van der Waals surface area contributed by atoms with Gasteiger partial charge in [-0.2, -0.15) is 0 Å². The fourth-order valence-electron chi connectivity index (χ4n) is 2.30. The molecule has 0 radical (unpaired) electrons. The second kappa shape index (κ2) is 3.97. The number of rotatable bonds is 3. The Kier molecular flexibility index (Phi) is 2.89. The van der Waals surface area contributed by atoms with Gasteiger partial charge in [0.15, 0.2) is 0 Å². The topological polar surface area (TPSA) is 15.3 Å². The van der Waals surface area contributed by atoms with Gasteiger partial charge in [0, 0.05) is 24.7 Å². The molecule has 2 heteroatoms. The maximum Gasteiger partial charge on any atom is 0.0209 e. The molecule has 1 heterocycles. The van der Waals surface area contributed by atoms with E-state index in [9.17, 15) is 0 Å². The van der Waals surface area contributed by atoms with E-state index in [4.69, 9.17) is 0 Å². The Labute approximate surface area is 81.7 Å². The molecule has 0 amide bonds. The smallest absolute Gasteiger partial charge is 0.0209 e. The number of nitrogens with one attached hydrogen (secondary N) is 1. The van der Waals surface area contributed by atoms with Crippen LogP contribution in [0.3, 0.4) is 0 Å². The minimum absolute atomic E-state index is 0.730. The van der Waals surface area contributed by atoms with Gasteiger partial charge in [0.25, 0.3) is 0 Å². The van der Waals surface area contributed by atoms with Crippen molar-refractivity contribution < 1.29 is 0 Å². The Morgan fingerprint density at radius 3 is 2.38 bits per heavy atom. The van der Waals surface area contributed by atoms with E-state index in [0.717, 1.165) is 18.1 Å². The monoisotopic (exact) mass is 182 g/mol. The van der Waals surface area contributed by atoms with Gasteiger partial charge >= 0.3 is 0 Å². The van der Waals surface area contributed by atoms with Crippen molar-refractivity contribution >= 4 is 0 Å². The standard InChI is InChI=1S/C11H22N2/c1-9(2)13-7-6-11(8-13)12-10-4-3-5-10/h9-12H,3-8H2,1-2H3/t11-/m0/s1. The highest BCUT2D eigenvalue weighted by molar-refractivity contribution is 4.87. The minimum Gasteiger partial charge on any atom is -0.310 e. The van der Waals surface area contributed by atoms with E-state index in [1.54, 1.807) is 0 Å². The molecule has 0 bridgehead atoms. The van der Waals surface area contributed by atoms with Crippen molar-refractivity contribution in [3.05, 3.63) is 0 Å². The maximum atomic E-state index is 3.76. The molecule has 1 aliphatic heterocycles. The summed E-state index contributed by atoms with van der Waals surface area (Å²) < 4.78 is 0. The van der Waals surface area contributed by atoms with Crippen LogP contribution in [0.2, 0.25) is 0 Å². The predicted octanol–water partition coefficient (Wildman–Crippen LogP) is 1.61. The van der Waals surface area contributed by atoms with Crippen LogP contribution in [-0.4, -0.2) is 36.1 Å². The van der Waals surface area contributed by atoms with Crippen molar-refractivity contribution in [2.24, 2.45) is 0 Å². The average Bonchev–Trinajstić information content (AvgIpc) is 2.44. The van der Waals surface area contributed by atoms with Crippen molar-refractivity contribution in [3.8, 4) is 0 Å². The highest BCUT2D eigenvalue weighted by atomic mass is 15.2. The summed E-state index contributed by atoms with van der Waals surface area (Å²) in [6, 6.07) is 2.37. The second-order valence-corrected chi connectivity index (χ2v) is 4.87. The summed E-state index contributed by atoms with van der Waals surface area (Å²) in [5.74, 6) is 0. The molecule has 0 aromatic heterocycles. The molecule has 0 spiro atoms. The van der Waals surface area contributed by atoms with Crippen LogP contribution in [0.15, 0.2) is 0 Å². The Balaban J connectivity index is 1.71. The maximum absolute atomic E-state index is 3.76. The molecule has 1 saturated carbocycles. The summed E-state index contributed by atoms with van der Waals surface area (Å²) in [4.78, 5) is 2.58. The zero-order valence-corrected chi connectivity index (χ0v) is 8.92. The van der Waals surface area contributed by atoms with E-state index in [-0.39, 0.29) is 0 Å². The molecule has 0 aromatic rings. The highest BCUT2D eigenvalue weighted by Crippen LogP contribution is 2.21. The van der Waals surface area contributed by atoms with E-state index in [1.165, 1.54) is 38.8 Å². The summed E-state index contributed by atoms with van der Waals surface area (Å²) in [6.45, 7) is 7.16. The third-order valence-corrected chi connectivity index (χ3v) is 3.53. The summed E-state index contributed by atoms with van der Waals surface area (Å²) in [5.41, 5.74) is 0. The first kappa shape index (κ1) is 9.47. The van der Waals surface area contributed by atoms with Gasteiger partial charge in [-0.15, -0.1) is 0 Å². The molecule has 2 rings (SSSR count). The number of nitrogens with zero attached hydrogens (tertiary/aromatic N) is 1. The Morgan fingerprint density at radius 2 is 1.92 bits per heavy atom. The molecule has 1 saturated heterocycles. The van der Waals surface area contributed by atoms with Crippen molar-refractivity contribution in [1.82, 2.24) is 10.2 Å². The number of hydrogen-bond donors (Lipinski definition) is 1. The summed E-state index contributed by atoms with van der Waals surface area (Å²) in [6.07, 6.45) is 5.63. The Bertz CT molecular complexity index is 163. The Hall–Kier alpha value is -0.0800. The summed E-state index contributed by atoms with van der Waals surface area (Å²) >= 11 is 0. The summed E-state index contributed by atoms with van der Waals surface area (Å²) in [5, 5.41) is 3.76. The number of likely N-dealkylation sites (tertiary alicyclic amines) is 1. The first-order chi connectivity index (χ1) is 6.25. The third kappa shape index (κ3) is 2.23. The fourth-order valence-corrected chi connectivity index (χ4v) is 2.30.